The zero-order valence-electron chi connectivity index (χ0n) is 14.0. The van der Waals surface area contributed by atoms with E-state index >= 15 is 0 Å². The number of benzene rings is 1. The van der Waals surface area contributed by atoms with E-state index in [2.05, 4.69) is 18.8 Å². The Kier molecular flexibility index (Phi) is 4.25. The second kappa shape index (κ2) is 6.35. The normalized spacial score (nSPS) is 11.2. The standard InChI is InChI=1S/C19H20N2O3/c1-12(2)16-10-15(24-11-14-6-4-5-7-20-14)8-13-9-17(19(22)23)21(3)18(13)16/h4-10,12H,11H2,1-3H3,(H,22,23). The Balaban J connectivity index is 2.02. The summed E-state index contributed by atoms with van der Waals surface area (Å²) in [6.45, 7) is 4.55. The highest BCUT2D eigenvalue weighted by atomic mass is 16.5. The molecule has 0 fully saturated rings. The Labute approximate surface area is 140 Å². The van der Waals surface area contributed by atoms with Gasteiger partial charge in [0.05, 0.1) is 11.2 Å². The van der Waals surface area contributed by atoms with Gasteiger partial charge in [-0.15, -0.1) is 0 Å². The Morgan fingerprint density at radius 3 is 2.71 bits per heavy atom. The van der Waals surface area contributed by atoms with Gasteiger partial charge >= 0.3 is 5.97 Å². The first-order valence-electron chi connectivity index (χ1n) is 7.86. The summed E-state index contributed by atoms with van der Waals surface area (Å²) in [7, 11) is 1.78. The zero-order chi connectivity index (χ0) is 17.3. The van der Waals surface area contributed by atoms with Gasteiger partial charge in [0.2, 0.25) is 0 Å². The number of aromatic nitrogens is 2. The predicted octanol–water partition coefficient (Wildman–Crippen LogP) is 3.97. The fourth-order valence-corrected chi connectivity index (χ4v) is 2.88. The first kappa shape index (κ1) is 16.1. The molecule has 0 saturated heterocycles. The number of hydrogen-bond acceptors (Lipinski definition) is 3. The molecule has 0 aliphatic carbocycles. The summed E-state index contributed by atoms with van der Waals surface area (Å²) in [5.41, 5.74) is 3.13. The van der Waals surface area contributed by atoms with Gasteiger partial charge in [-0.2, -0.15) is 0 Å². The highest BCUT2D eigenvalue weighted by molar-refractivity contribution is 5.96. The maximum absolute atomic E-state index is 11.4. The van der Waals surface area contributed by atoms with Crippen LogP contribution in [0, 0.1) is 0 Å². The van der Waals surface area contributed by atoms with Crippen LogP contribution in [-0.4, -0.2) is 20.6 Å². The molecule has 1 N–H and O–H groups in total. The topological polar surface area (TPSA) is 64.3 Å². The van der Waals surface area contributed by atoms with Crippen LogP contribution in [0.3, 0.4) is 0 Å². The zero-order valence-corrected chi connectivity index (χ0v) is 14.0. The number of aromatic carboxylic acids is 1. The summed E-state index contributed by atoms with van der Waals surface area (Å²) in [6, 6.07) is 11.3. The lowest BCUT2D eigenvalue weighted by Crippen LogP contribution is -2.05. The van der Waals surface area contributed by atoms with Crippen LogP contribution in [0.2, 0.25) is 0 Å². The van der Waals surface area contributed by atoms with Crippen molar-refractivity contribution in [3.05, 3.63) is 59.5 Å². The minimum absolute atomic E-state index is 0.251. The number of rotatable bonds is 5. The van der Waals surface area contributed by atoms with Crippen molar-refractivity contribution < 1.29 is 14.6 Å². The summed E-state index contributed by atoms with van der Waals surface area (Å²) < 4.78 is 7.61. The molecule has 5 nitrogen and oxygen atoms in total. The number of carboxylic acid groups (broad SMARTS) is 1. The molecule has 0 spiro atoms. The summed E-state index contributed by atoms with van der Waals surface area (Å²) in [4.78, 5) is 15.7. The quantitative estimate of drug-likeness (QED) is 0.771. The minimum Gasteiger partial charge on any atom is -0.487 e. The number of pyridine rings is 1. The van der Waals surface area contributed by atoms with E-state index in [1.807, 2.05) is 30.3 Å². The Hall–Kier alpha value is -2.82. The molecular weight excluding hydrogens is 304 g/mol. The van der Waals surface area contributed by atoms with Crippen molar-refractivity contribution in [3.8, 4) is 5.75 Å². The molecule has 5 heteroatoms. The average molecular weight is 324 g/mol. The summed E-state index contributed by atoms with van der Waals surface area (Å²) in [5, 5.41) is 10.2. The van der Waals surface area contributed by atoms with Gasteiger partial charge in [0.15, 0.2) is 0 Å². The van der Waals surface area contributed by atoms with Gasteiger partial charge < -0.3 is 14.4 Å². The molecule has 2 aromatic heterocycles. The lowest BCUT2D eigenvalue weighted by atomic mass is 10.00. The smallest absolute Gasteiger partial charge is 0.352 e. The molecule has 3 rings (SSSR count). The molecule has 0 bridgehead atoms. The van der Waals surface area contributed by atoms with Crippen molar-refractivity contribution in [3.63, 3.8) is 0 Å². The van der Waals surface area contributed by atoms with Crippen molar-refractivity contribution in [2.45, 2.75) is 26.4 Å². The maximum Gasteiger partial charge on any atom is 0.352 e. The molecule has 0 amide bonds. The van der Waals surface area contributed by atoms with Crippen molar-refractivity contribution in [2.75, 3.05) is 0 Å². The van der Waals surface area contributed by atoms with Crippen LogP contribution in [0.25, 0.3) is 10.9 Å². The first-order chi connectivity index (χ1) is 11.5. The van der Waals surface area contributed by atoms with Crippen molar-refractivity contribution >= 4 is 16.9 Å². The summed E-state index contributed by atoms with van der Waals surface area (Å²) >= 11 is 0. The first-order valence-corrected chi connectivity index (χ1v) is 7.86. The second-order valence-electron chi connectivity index (χ2n) is 6.11. The average Bonchev–Trinajstić information content (AvgIpc) is 2.90. The Bertz CT molecular complexity index is 883. The van der Waals surface area contributed by atoms with E-state index in [0.717, 1.165) is 27.9 Å². The molecule has 0 saturated carbocycles. The lowest BCUT2D eigenvalue weighted by Gasteiger charge is -2.13. The molecular formula is C19H20N2O3. The molecule has 2 heterocycles. The van der Waals surface area contributed by atoms with Gasteiger partial charge in [-0.25, -0.2) is 4.79 Å². The fourth-order valence-electron chi connectivity index (χ4n) is 2.88. The number of fused-ring (bicyclic) bond motifs is 1. The summed E-state index contributed by atoms with van der Waals surface area (Å²) in [5.74, 6) is 0.0416. The molecule has 0 atom stereocenters. The molecule has 0 aliphatic heterocycles. The predicted molar refractivity (Wildman–Crippen MR) is 92.5 cm³/mol. The Morgan fingerprint density at radius 2 is 2.08 bits per heavy atom. The second-order valence-corrected chi connectivity index (χ2v) is 6.11. The van der Waals surface area contributed by atoms with Crippen LogP contribution >= 0.6 is 0 Å². The van der Waals surface area contributed by atoms with Crippen LogP contribution in [0.1, 0.15) is 41.5 Å². The fraction of sp³-hybridized carbons (Fsp3) is 0.263. The summed E-state index contributed by atoms with van der Waals surface area (Å²) in [6.07, 6.45) is 1.73. The Morgan fingerprint density at radius 1 is 1.29 bits per heavy atom. The maximum atomic E-state index is 11.4. The van der Waals surface area contributed by atoms with Crippen LogP contribution in [0.5, 0.6) is 5.75 Å². The SMILES string of the molecule is CC(C)c1cc(OCc2ccccn2)cc2cc(C(=O)O)n(C)c12. The minimum atomic E-state index is -0.931. The molecule has 0 aliphatic rings. The number of ether oxygens (including phenoxy) is 1. The number of carbonyl (C=O) groups is 1. The number of carboxylic acids is 1. The van der Waals surface area contributed by atoms with Crippen LogP contribution < -0.4 is 4.74 Å². The van der Waals surface area contributed by atoms with Gasteiger partial charge in [0.25, 0.3) is 0 Å². The van der Waals surface area contributed by atoms with Gasteiger partial charge in [-0.3, -0.25) is 4.98 Å². The van der Waals surface area contributed by atoms with Gasteiger partial charge in [-0.1, -0.05) is 19.9 Å². The lowest BCUT2D eigenvalue weighted by molar-refractivity contribution is 0.0687. The molecule has 124 valence electrons. The van der Waals surface area contributed by atoms with Crippen molar-refractivity contribution in [2.24, 2.45) is 7.05 Å². The van der Waals surface area contributed by atoms with Crippen LogP contribution in [0.4, 0.5) is 0 Å². The van der Waals surface area contributed by atoms with Gasteiger partial charge in [0, 0.05) is 18.6 Å². The van der Waals surface area contributed by atoms with Gasteiger partial charge in [0.1, 0.15) is 18.1 Å². The monoisotopic (exact) mass is 324 g/mol. The number of aryl methyl sites for hydroxylation is 1. The molecule has 1 aromatic carbocycles. The van der Waals surface area contributed by atoms with E-state index in [4.69, 9.17) is 4.74 Å². The third-order valence-corrected chi connectivity index (χ3v) is 4.09. The largest absolute Gasteiger partial charge is 0.487 e. The van der Waals surface area contributed by atoms with Gasteiger partial charge in [-0.05, 0) is 41.8 Å². The molecule has 3 aromatic rings. The molecule has 0 unspecified atom stereocenters. The molecule has 24 heavy (non-hydrogen) atoms. The van der Waals surface area contributed by atoms with Crippen LogP contribution in [-0.2, 0) is 13.7 Å². The molecule has 0 radical (unpaired) electrons. The third kappa shape index (κ3) is 2.97. The number of nitrogens with zero attached hydrogens (tertiary/aromatic N) is 2. The van der Waals surface area contributed by atoms with E-state index in [1.165, 1.54) is 0 Å². The van der Waals surface area contributed by atoms with E-state index in [9.17, 15) is 9.90 Å². The van der Waals surface area contributed by atoms with Crippen LogP contribution in [0.15, 0.2) is 42.6 Å². The highest BCUT2D eigenvalue weighted by Gasteiger charge is 2.17. The highest BCUT2D eigenvalue weighted by Crippen LogP contribution is 2.32. The third-order valence-electron chi connectivity index (χ3n) is 4.09. The van der Waals surface area contributed by atoms with E-state index < -0.39 is 5.97 Å². The van der Waals surface area contributed by atoms with E-state index in [-0.39, 0.29) is 11.6 Å². The van der Waals surface area contributed by atoms with E-state index in [0.29, 0.717) is 6.61 Å². The number of hydrogen-bond donors (Lipinski definition) is 1. The van der Waals surface area contributed by atoms with E-state index in [1.54, 1.807) is 23.9 Å². The van der Waals surface area contributed by atoms with Crippen molar-refractivity contribution in [1.29, 1.82) is 0 Å². The van der Waals surface area contributed by atoms with Crippen molar-refractivity contribution in [1.82, 2.24) is 9.55 Å².